The zero-order chi connectivity index (χ0) is 12.3. The predicted molar refractivity (Wildman–Crippen MR) is 68.8 cm³/mol. The fourth-order valence-corrected chi connectivity index (χ4v) is 2.49. The molecule has 0 bridgehead atoms. The molecule has 94 valence electrons. The highest BCUT2D eigenvalue weighted by atomic mass is 16.5. The lowest BCUT2D eigenvalue weighted by Gasteiger charge is -2.21. The van der Waals surface area contributed by atoms with Crippen LogP contribution in [0.1, 0.15) is 31.5 Å². The Morgan fingerprint density at radius 3 is 2.88 bits per heavy atom. The van der Waals surface area contributed by atoms with Crippen LogP contribution in [0, 0.1) is 5.92 Å². The van der Waals surface area contributed by atoms with Crippen molar-refractivity contribution in [3.8, 4) is 0 Å². The number of hydrogen-bond donors (Lipinski definition) is 1. The van der Waals surface area contributed by atoms with Gasteiger partial charge >= 0.3 is 0 Å². The van der Waals surface area contributed by atoms with E-state index in [1.807, 2.05) is 6.20 Å². The molecule has 3 unspecified atom stereocenters. The summed E-state index contributed by atoms with van der Waals surface area (Å²) < 4.78 is 5.56. The van der Waals surface area contributed by atoms with Gasteiger partial charge in [0.1, 0.15) is 0 Å². The molecule has 3 atom stereocenters. The first kappa shape index (κ1) is 12.5. The van der Waals surface area contributed by atoms with Crippen LogP contribution in [0.5, 0.6) is 0 Å². The predicted octanol–water partition coefficient (Wildman–Crippen LogP) is 1.94. The molecule has 1 aromatic rings. The van der Waals surface area contributed by atoms with Crippen LogP contribution >= 0.6 is 0 Å². The van der Waals surface area contributed by atoms with E-state index in [4.69, 9.17) is 10.5 Å². The SMILES string of the molecule is CCc1ccc(CC(N)C2CCOC2C)nc1. The molecule has 0 saturated carbocycles. The van der Waals surface area contributed by atoms with Crippen LogP contribution in [0.25, 0.3) is 0 Å². The summed E-state index contributed by atoms with van der Waals surface area (Å²) in [6.07, 6.45) is 5.21. The monoisotopic (exact) mass is 234 g/mol. The molecule has 1 aromatic heterocycles. The highest BCUT2D eigenvalue weighted by Crippen LogP contribution is 2.24. The van der Waals surface area contributed by atoms with Gasteiger partial charge in [0.25, 0.3) is 0 Å². The van der Waals surface area contributed by atoms with Crippen LogP contribution in [0.2, 0.25) is 0 Å². The van der Waals surface area contributed by atoms with Crippen molar-refractivity contribution in [2.45, 2.75) is 45.3 Å². The summed E-state index contributed by atoms with van der Waals surface area (Å²) in [5, 5.41) is 0. The standard InChI is InChI=1S/C14H22N2O/c1-3-11-4-5-12(16-9-11)8-14(15)13-6-7-17-10(13)2/h4-5,9-10,13-14H,3,6-8,15H2,1-2H3. The van der Waals surface area contributed by atoms with Gasteiger partial charge in [-0.3, -0.25) is 4.98 Å². The fraction of sp³-hybridized carbons (Fsp3) is 0.643. The minimum Gasteiger partial charge on any atom is -0.378 e. The van der Waals surface area contributed by atoms with Crippen molar-refractivity contribution in [2.24, 2.45) is 11.7 Å². The smallest absolute Gasteiger partial charge is 0.0590 e. The van der Waals surface area contributed by atoms with Crippen LogP contribution in [0.4, 0.5) is 0 Å². The molecule has 1 aliphatic heterocycles. The van der Waals surface area contributed by atoms with Crippen LogP contribution in [-0.4, -0.2) is 23.7 Å². The van der Waals surface area contributed by atoms with Crippen molar-refractivity contribution < 1.29 is 4.74 Å². The van der Waals surface area contributed by atoms with Crippen LogP contribution in [-0.2, 0) is 17.6 Å². The highest BCUT2D eigenvalue weighted by molar-refractivity contribution is 5.14. The maximum absolute atomic E-state index is 6.25. The Morgan fingerprint density at radius 2 is 2.35 bits per heavy atom. The van der Waals surface area contributed by atoms with Crippen molar-refractivity contribution in [1.82, 2.24) is 4.98 Å². The van der Waals surface area contributed by atoms with Crippen molar-refractivity contribution in [2.75, 3.05) is 6.61 Å². The summed E-state index contributed by atoms with van der Waals surface area (Å²) in [5.74, 6) is 0.475. The summed E-state index contributed by atoms with van der Waals surface area (Å²) in [6, 6.07) is 4.40. The second-order valence-electron chi connectivity index (χ2n) is 4.91. The van der Waals surface area contributed by atoms with Crippen LogP contribution < -0.4 is 5.73 Å². The summed E-state index contributed by atoms with van der Waals surface area (Å²) in [6.45, 7) is 5.10. The van der Waals surface area contributed by atoms with Gasteiger partial charge < -0.3 is 10.5 Å². The van der Waals surface area contributed by atoms with E-state index in [1.165, 1.54) is 5.56 Å². The molecular weight excluding hydrogens is 212 g/mol. The van der Waals surface area contributed by atoms with Gasteiger partial charge in [-0.05, 0) is 31.4 Å². The Bertz CT molecular complexity index is 350. The molecule has 0 spiro atoms. The number of aromatic nitrogens is 1. The minimum absolute atomic E-state index is 0.160. The van der Waals surface area contributed by atoms with E-state index >= 15 is 0 Å². The van der Waals surface area contributed by atoms with E-state index in [0.717, 1.165) is 31.6 Å². The van der Waals surface area contributed by atoms with Crippen LogP contribution in [0.3, 0.4) is 0 Å². The molecule has 2 rings (SSSR count). The first-order chi connectivity index (χ1) is 8.20. The van der Waals surface area contributed by atoms with Gasteiger partial charge in [-0.1, -0.05) is 13.0 Å². The Kier molecular flexibility index (Phi) is 4.13. The second-order valence-corrected chi connectivity index (χ2v) is 4.91. The average Bonchev–Trinajstić information content (AvgIpc) is 2.76. The van der Waals surface area contributed by atoms with Crippen molar-refractivity contribution in [1.29, 1.82) is 0 Å². The zero-order valence-electron chi connectivity index (χ0n) is 10.7. The van der Waals surface area contributed by atoms with Gasteiger partial charge in [0.05, 0.1) is 6.10 Å². The van der Waals surface area contributed by atoms with E-state index in [9.17, 15) is 0 Å². The second kappa shape index (κ2) is 5.61. The largest absolute Gasteiger partial charge is 0.378 e. The number of aryl methyl sites for hydroxylation is 1. The zero-order valence-corrected chi connectivity index (χ0v) is 10.7. The lowest BCUT2D eigenvalue weighted by Crippen LogP contribution is -2.36. The van der Waals surface area contributed by atoms with Crippen molar-refractivity contribution in [3.63, 3.8) is 0 Å². The van der Waals surface area contributed by atoms with E-state index in [1.54, 1.807) is 0 Å². The number of ether oxygens (including phenoxy) is 1. The third-order valence-electron chi connectivity index (χ3n) is 3.72. The maximum Gasteiger partial charge on any atom is 0.0590 e. The molecule has 3 heteroatoms. The Balaban J connectivity index is 1.95. The number of hydrogen-bond acceptors (Lipinski definition) is 3. The summed E-state index contributed by atoms with van der Waals surface area (Å²) in [7, 11) is 0. The lowest BCUT2D eigenvalue weighted by atomic mass is 9.91. The number of nitrogens with two attached hydrogens (primary N) is 1. The third kappa shape index (κ3) is 3.05. The van der Waals surface area contributed by atoms with Crippen molar-refractivity contribution in [3.05, 3.63) is 29.6 Å². The fourth-order valence-electron chi connectivity index (χ4n) is 2.49. The van der Waals surface area contributed by atoms with Gasteiger partial charge in [-0.2, -0.15) is 0 Å². The molecule has 0 aliphatic carbocycles. The molecule has 1 aliphatic rings. The topological polar surface area (TPSA) is 48.1 Å². The molecule has 3 nitrogen and oxygen atoms in total. The molecule has 17 heavy (non-hydrogen) atoms. The van der Waals surface area contributed by atoms with Gasteiger partial charge in [0.15, 0.2) is 0 Å². The third-order valence-corrected chi connectivity index (χ3v) is 3.72. The average molecular weight is 234 g/mol. The Morgan fingerprint density at radius 1 is 1.53 bits per heavy atom. The number of pyridine rings is 1. The Labute approximate surface area is 103 Å². The molecule has 1 fully saturated rings. The Hall–Kier alpha value is -0.930. The molecular formula is C14H22N2O. The highest BCUT2D eigenvalue weighted by Gasteiger charge is 2.29. The summed E-state index contributed by atoms with van der Waals surface area (Å²) in [4.78, 5) is 4.47. The van der Waals surface area contributed by atoms with E-state index in [-0.39, 0.29) is 6.04 Å². The van der Waals surface area contributed by atoms with Crippen molar-refractivity contribution >= 4 is 0 Å². The van der Waals surface area contributed by atoms with Gasteiger partial charge in [-0.25, -0.2) is 0 Å². The quantitative estimate of drug-likeness (QED) is 0.866. The molecule has 0 aromatic carbocycles. The number of rotatable bonds is 4. The van der Waals surface area contributed by atoms with Gasteiger partial charge in [0.2, 0.25) is 0 Å². The summed E-state index contributed by atoms with van der Waals surface area (Å²) >= 11 is 0. The number of nitrogens with zero attached hydrogens (tertiary/aromatic N) is 1. The normalized spacial score (nSPS) is 26.1. The van der Waals surface area contributed by atoms with Crippen LogP contribution in [0.15, 0.2) is 18.3 Å². The van der Waals surface area contributed by atoms with E-state index in [2.05, 4.69) is 31.0 Å². The van der Waals surface area contributed by atoms with E-state index < -0.39 is 0 Å². The van der Waals surface area contributed by atoms with E-state index in [0.29, 0.717) is 12.0 Å². The maximum atomic E-state index is 6.25. The first-order valence-electron chi connectivity index (χ1n) is 6.51. The van der Waals surface area contributed by atoms with Gasteiger partial charge in [-0.15, -0.1) is 0 Å². The minimum atomic E-state index is 0.160. The summed E-state index contributed by atoms with van der Waals surface area (Å²) in [5.41, 5.74) is 8.62. The molecule has 1 saturated heterocycles. The molecule has 0 radical (unpaired) electrons. The van der Waals surface area contributed by atoms with Gasteiger partial charge in [0, 0.05) is 36.9 Å². The molecule has 2 heterocycles. The first-order valence-corrected chi connectivity index (χ1v) is 6.51. The molecule has 0 amide bonds. The molecule has 2 N–H and O–H groups in total. The lowest BCUT2D eigenvalue weighted by molar-refractivity contribution is 0.0994.